The number of fused-ring (bicyclic) bond motifs is 1. The minimum absolute atomic E-state index is 0.0464. The average Bonchev–Trinajstić information content (AvgIpc) is 2.80. The summed E-state index contributed by atoms with van der Waals surface area (Å²) in [4.78, 5) is 41.3. The summed E-state index contributed by atoms with van der Waals surface area (Å²) in [6, 6.07) is 5.69. The normalized spacial score (nSPS) is 18.3. The number of β-amino-alcohol motifs (C(OH)–C–C–N with tert-alkyl or cyclic N) is 1. The molecule has 1 fully saturated rings. The Hall–Kier alpha value is -3.33. The summed E-state index contributed by atoms with van der Waals surface area (Å²) in [6.45, 7) is 5.63. The number of amides is 1. The van der Waals surface area contributed by atoms with Gasteiger partial charge in [0.25, 0.3) is 0 Å². The van der Waals surface area contributed by atoms with E-state index < -0.39 is 5.60 Å². The molecule has 1 N–H and O–H groups in total. The lowest BCUT2D eigenvalue weighted by Gasteiger charge is -2.42. The fourth-order valence-electron chi connectivity index (χ4n) is 4.85. The monoisotopic (exact) mass is 464 g/mol. The third kappa shape index (κ3) is 5.25. The largest absolute Gasteiger partial charge is 0.386 e. The van der Waals surface area contributed by atoms with E-state index in [-0.39, 0.29) is 18.1 Å². The number of hydrogen-bond donors (Lipinski definition) is 1. The molecule has 0 bridgehead atoms. The van der Waals surface area contributed by atoms with E-state index in [4.69, 9.17) is 0 Å². The summed E-state index contributed by atoms with van der Waals surface area (Å²) >= 11 is 0. The Kier molecular flexibility index (Phi) is 6.92. The molecule has 4 rings (SSSR count). The first kappa shape index (κ1) is 23.8. The zero-order valence-electron chi connectivity index (χ0n) is 20.1. The smallest absolute Gasteiger partial charge is 0.347 e. The Morgan fingerprint density at radius 3 is 2.88 bits per heavy atom. The van der Waals surface area contributed by atoms with Gasteiger partial charge in [-0.1, -0.05) is 0 Å². The number of anilines is 1. The molecule has 180 valence electrons. The fourth-order valence-corrected chi connectivity index (χ4v) is 4.85. The van der Waals surface area contributed by atoms with Crippen LogP contribution in [0.15, 0.2) is 41.6 Å². The predicted molar refractivity (Wildman–Crippen MR) is 131 cm³/mol. The molecule has 9 nitrogen and oxygen atoms in total. The second-order valence-corrected chi connectivity index (χ2v) is 9.30. The van der Waals surface area contributed by atoms with E-state index in [1.807, 2.05) is 25.1 Å². The Labute approximate surface area is 199 Å². The summed E-state index contributed by atoms with van der Waals surface area (Å²) in [5.41, 5.74) is 2.11. The topological polar surface area (TPSA) is 104 Å². The third-order valence-corrected chi connectivity index (χ3v) is 6.49. The van der Waals surface area contributed by atoms with E-state index in [0.717, 1.165) is 35.2 Å². The van der Waals surface area contributed by atoms with Gasteiger partial charge in [0.15, 0.2) is 0 Å². The molecule has 3 aromatic heterocycles. The van der Waals surface area contributed by atoms with Gasteiger partial charge in [0.1, 0.15) is 0 Å². The summed E-state index contributed by atoms with van der Waals surface area (Å²) in [7, 11) is 1.73. The first-order chi connectivity index (χ1) is 16.3. The van der Waals surface area contributed by atoms with E-state index in [1.165, 1.54) is 0 Å². The number of pyridine rings is 2. The number of aromatic nitrogens is 4. The summed E-state index contributed by atoms with van der Waals surface area (Å²) < 4.78 is 1.60. The summed E-state index contributed by atoms with van der Waals surface area (Å²) in [6.07, 6.45) is 7.59. The van der Waals surface area contributed by atoms with Gasteiger partial charge in [-0.15, -0.1) is 0 Å². The first-order valence-corrected chi connectivity index (χ1v) is 11.7. The zero-order valence-corrected chi connectivity index (χ0v) is 20.1. The van der Waals surface area contributed by atoms with Gasteiger partial charge in [-0.2, -0.15) is 4.98 Å². The van der Waals surface area contributed by atoms with Crippen LogP contribution in [0, 0.1) is 13.8 Å². The van der Waals surface area contributed by atoms with Crippen molar-refractivity contribution < 1.29 is 9.90 Å². The van der Waals surface area contributed by atoms with Crippen LogP contribution in [0.1, 0.15) is 37.1 Å². The number of likely N-dealkylation sites (N-methyl/N-ethyl adjacent to an activating group) is 1. The van der Waals surface area contributed by atoms with Crippen molar-refractivity contribution in [3.05, 3.63) is 58.7 Å². The molecule has 3 aromatic rings. The van der Waals surface area contributed by atoms with Gasteiger partial charge in [0.2, 0.25) is 5.91 Å². The van der Waals surface area contributed by atoms with Crippen LogP contribution in [0.5, 0.6) is 0 Å². The van der Waals surface area contributed by atoms with Crippen LogP contribution in [0.4, 0.5) is 5.69 Å². The van der Waals surface area contributed by atoms with Crippen LogP contribution in [-0.2, 0) is 11.3 Å². The van der Waals surface area contributed by atoms with Crippen molar-refractivity contribution in [2.75, 3.05) is 31.6 Å². The Bertz CT molecular complexity index is 1240. The lowest BCUT2D eigenvalue weighted by molar-refractivity contribution is -0.133. The molecule has 1 saturated heterocycles. The summed E-state index contributed by atoms with van der Waals surface area (Å²) in [5, 5.41) is 12.3. The van der Waals surface area contributed by atoms with Crippen LogP contribution >= 0.6 is 0 Å². The molecule has 9 heteroatoms. The van der Waals surface area contributed by atoms with E-state index in [9.17, 15) is 14.7 Å². The second kappa shape index (κ2) is 9.89. The van der Waals surface area contributed by atoms with Crippen LogP contribution in [0.2, 0.25) is 0 Å². The molecule has 0 spiro atoms. The second-order valence-electron chi connectivity index (χ2n) is 9.30. The predicted octanol–water partition coefficient (Wildman–Crippen LogP) is 2.07. The molecule has 0 radical (unpaired) electrons. The number of carbonyl (C=O) groups excluding carboxylic acids is 1. The van der Waals surface area contributed by atoms with Crippen LogP contribution < -0.4 is 10.6 Å². The highest BCUT2D eigenvalue weighted by Gasteiger charge is 2.36. The number of aryl methyl sites for hydroxylation is 2. The number of carbonyl (C=O) groups is 1. The number of rotatable bonds is 7. The molecule has 1 aliphatic heterocycles. The van der Waals surface area contributed by atoms with E-state index in [1.54, 1.807) is 42.0 Å². The van der Waals surface area contributed by atoms with Gasteiger partial charge in [-0.3, -0.25) is 19.3 Å². The highest BCUT2D eigenvalue weighted by Crippen LogP contribution is 2.31. The van der Waals surface area contributed by atoms with Crippen molar-refractivity contribution in [3.8, 4) is 0 Å². The van der Waals surface area contributed by atoms with Crippen molar-refractivity contribution >= 4 is 22.5 Å². The zero-order chi connectivity index (χ0) is 24.3. The first-order valence-electron chi connectivity index (χ1n) is 11.7. The lowest BCUT2D eigenvalue weighted by Crippen LogP contribution is -2.54. The van der Waals surface area contributed by atoms with Crippen molar-refractivity contribution in [1.82, 2.24) is 24.4 Å². The van der Waals surface area contributed by atoms with Crippen LogP contribution in [-0.4, -0.2) is 67.7 Å². The molecule has 1 amide bonds. The molecular weight excluding hydrogens is 432 g/mol. The van der Waals surface area contributed by atoms with E-state index >= 15 is 0 Å². The van der Waals surface area contributed by atoms with Gasteiger partial charge in [0.05, 0.1) is 17.7 Å². The quantitative estimate of drug-likeness (QED) is 0.571. The number of nitrogens with zero attached hydrogens (tertiary/aromatic N) is 6. The Morgan fingerprint density at radius 1 is 1.26 bits per heavy atom. The van der Waals surface area contributed by atoms with Crippen LogP contribution in [0.3, 0.4) is 0 Å². The molecule has 1 aliphatic rings. The highest BCUT2D eigenvalue weighted by molar-refractivity contribution is 5.90. The molecular formula is C25H32N6O3. The van der Waals surface area contributed by atoms with E-state index in [0.29, 0.717) is 38.0 Å². The molecule has 0 unspecified atom stereocenters. The van der Waals surface area contributed by atoms with Gasteiger partial charge >= 0.3 is 5.69 Å². The third-order valence-electron chi connectivity index (χ3n) is 6.49. The maximum absolute atomic E-state index is 12.8. The number of piperidine rings is 1. The molecule has 0 aliphatic carbocycles. The highest BCUT2D eigenvalue weighted by atomic mass is 16.3. The maximum Gasteiger partial charge on any atom is 0.347 e. The minimum atomic E-state index is -1.01. The Balaban J connectivity index is 1.36. The SMILES string of the molecule is Cc1cc(C)n(CCCC(=O)N(C)C[C@]2(O)CCCN(c3ccnc4ccncc34)C2)c(=O)n1. The van der Waals surface area contributed by atoms with Gasteiger partial charge in [-0.05, 0) is 51.3 Å². The Morgan fingerprint density at radius 2 is 2.09 bits per heavy atom. The lowest BCUT2D eigenvalue weighted by atomic mass is 9.91. The van der Waals surface area contributed by atoms with Gasteiger partial charge in [-0.25, -0.2) is 4.79 Å². The molecule has 4 heterocycles. The molecule has 0 aromatic carbocycles. The van der Waals surface area contributed by atoms with E-state index in [2.05, 4.69) is 19.9 Å². The summed E-state index contributed by atoms with van der Waals surface area (Å²) in [5.74, 6) is -0.0464. The average molecular weight is 465 g/mol. The van der Waals surface area contributed by atoms with Crippen molar-refractivity contribution in [1.29, 1.82) is 0 Å². The fraction of sp³-hybridized carbons (Fsp3) is 0.480. The van der Waals surface area contributed by atoms with Crippen molar-refractivity contribution in [2.45, 2.75) is 51.7 Å². The standard InChI is InChI=1S/C25H32N6O3/c1-18-14-19(2)31(24(33)28-18)13-4-6-23(32)29(3)16-25(34)9-5-12-30(17-25)22-8-11-27-21-7-10-26-15-20(21)22/h7-8,10-11,14-15,34H,4-6,9,12-13,16-17H2,1-3H3/t25-/m1/s1. The number of hydrogen-bond acceptors (Lipinski definition) is 7. The minimum Gasteiger partial charge on any atom is -0.386 e. The van der Waals surface area contributed by atoms with Crippen LogP contribution in [0.25, 0.3) is 10.9 Å². The van der Waals surface area contributed by atoms with Crippen molar-refractivity contribution in [3.63, 3.8) is 0 Å². The molecule has 0 saturated carbocycles. The number of aliphatic hydroxyl groups is 1. The van der Waals surface area contributed by atoms with Gasteiger partial charge < -0.3 is 14.9 Å². The van der Waals surface area contributed by atoms with Gasteiger partial charge in [0, 0.05) is 74.2 Å². The van der Waals surface area contributed by atoms with Crippen molar-refractivity contribution in [2.24, 2.45) is 0 Å². The molecule has 1 atom stereocenters. The molecule has 34 heavy (non-hydrogen) atoms. The maximum atomic E-state index is 12.8.